The third-order valence-electron chi connectivity index (χ3n) is 14.9. The smallest absolute Gasteiger partial charge is 0.122 e. The van der Waals surface area contributed by atoms with E-state index in [0.29, 0.717) is 6.42 Å². The van der Waals surface area contributed by atoms with Crippen LogP contribution in [0.1, 0.15) is 139 Å². The van der Waals surface area contributed by atoms with E-state index in [4.69, 9.17) is 23.2 Å². The van der Waals surface area contributed by atoms with E-state index in [0.717, 1.165) is 37.2 Å². The fraction of sp³-hybridized carbons (Fsp3) is 0.481. The van der Waals surface area contributed by atoms with E-state index in [1.54, 1.807) is 5.57 Å². The first-order valence-corrected chi connectivity index (χ1v) is 25.2. The van der Waals surface area contributed by atoms with Crippen molar-refractivity contribution in [3.8, 4) is 0 Å². The minimum atomic E-state index is -0.843. The predicted octanol–water partition coefficient (Wildman–Crippen LogP) is 15.5. The van der Waals surface area contributed by atoms with Crippen LogP contribution in [0.5, 0.6) is 0 Å². The largest absolute Gasteiger partial charge is 0.325 e. The average molecular weight is 945 g/mol. The summed E-state index contributed by atoms with van der Waals surface area (Å²) in [6, 6.07) is 30.4. The monoisotopic (exact) mass is 944 g/mol. The molecular weight excluding hydrogens is 880 g/mol. The Balaban J connectivity index is 0.00000499. The first-order valence-electron chi connectivity index (χ1n) is 22.9. The maximum Gasteiger partial charge on any atom is 0.122 e. The van der Waals surface area contributed by atoms with Crippen molar-refractivity contribution in [2.24, 2.45) is 0 Å². The van der Waals surface area contributed by atoms with Crippen LogP contribution >= 0.6 is 31.1 Å². The number of aryl methyl sites for hydroxylation is 6. The van der Waals surface area contributed by atoms with Gasteiger partial charge in [-0.05, 0) is 141 Å². The Hall–Kier alpha value is -2.41. The summed E-state index contributed by atoms with van der Waals surface area (Å²) in [5, 5.41) is -0.117. The van der Waals surface area contributed by atoms with Gasteiger partial charge in [-0.1, -0.05) is 143 Å². The van der Waals surface area contributed by atoms with Gasteiger partial charge >= 0.3 is 0 Å². The van der Waals surface area contributed by atoms with Crippen LogP contribution in [-0.2, 0) is 19.5 Å². The fourth-order valence-corrected chi connectivity index (χ4v) is 18.5. The molecule has 9 rings (SSSR count). The second kappa shape index (κ2) is 18.0. The molecular formula is C54H65Cl2N2PRu. The molecule has 60 heavy (non-hydrogen) atoms. The Morgan fingerprint density at radius 3 is 1.60 bits per heavy atom. The van der Waals surface area contributed by atoms with Gasteiger partial charge < -0.3 is 9.80 Å². The summed E-state index contributed by atoms with van der Waals surface area (Å²) in [6.07, 6.45) is 19.0. The van der Waals surface area contributed by atoms with Gasteiger partial charge in [-0.3, -0.25) is 0 Å². The van der Waals surface area contributed by atoms with E-state index in [2.05, 4.69) is 136 Å². The molecule has 2 unspecified atom stereocenters. The first kappa shape index (κ1) is 44.2. The fourth-order valence-electron chi connectivity index (χ4n) is 12.9. The second-order valence-corrected chi connectivity index (χ2v) is 23.8. The Kier molecular flexibility index (Phi) is 13.3. The van der Waals surface area contributed by atoms with Gasteiger partial charge in [0.15, 0.2) is 0 Å². The number of allylic oxidation sites excluding steroid dienone is 2. The van der Waals surface area contributed by atoms with Crippen molar-refractivity contribution in [2.45, 2.75) is 152 Å². The molecule has 4 aromatic rings. The van der Waals surface area contributed by atoms with Crippen LogP contribution in [0.15, 0.2) is 96.3 Å². The molecule has 2 nitrogen and oxygen atoms in total. The quantitative estimate of drug-likeness (QED) is 0.103. The van der Waals surface area contributed by atoms with Gasteiger partial charge in [0.2, 0.25) is 0 Å². The van der Waals surface area contributed by atoms with Crippen molar-refractivity contribution in [3.05, 3.63) is 146 Å². The van der Waals surface area contributed by atoms with Gasteiger partial charge in [0, 0.05) is 61.4 Å². The van der Waals surface area contributed by atoms with Crippen LogP contribution in [0.2, 0.25) is 0 Å². The van der Waals surface area contributed by atoms with Gasteiger partial charge in [-0.15, -0.1) is 23.2 Å². The summed E-state index contributed by atoms with van der Waals surface area (Å²) in [5.74, 6) is 1.62. The summed E-state index contributed by atoms with van der Waals surface area (Å²) < 4.78 is -0.843. The number of hydrogen-bond donors (Lipinski definition) is 0. The van der Waals surface area contributed by atoms with Crippen molar-refractivity contribution in [1.29, 1.82) is 0 Å². The predicted molar refractivity (Wildman–Crippen MR) is 257 cm³/mol. The number of benzene rings is 4. The van der Waals surface area contributed by atoms with E-state index in [-0.39, 0.29) is 30.6 Å². The van der Waals surface area contributed by atoms with Gasteiger partial charge in [0.25, 0.3) is 0 Å². The van der Waals surface area contributed by atoms with E-state index >= 15 is 0 Å². The minimum Gasteiger partial charge on any atom is -0.325 e. The van der Waals surface area contributed by atoms with E-state index in [9.17, 15) is 0 Å². The van der Waals surface area contributed by atoms with Crippen LogP contribution in [0.25, 0.3) is 5.57 Å². The summed E-state index contributed by atoms with van der Waals surface area (Å²) >= 11 is 15.4. The summed E-state index contributed by atoms with van der Waals surface area (Å²) in [6.45, 7) is 15.7. The molecule has 0 radical (unpaired) electrons. The first-order chi connectivity index (χ1) is 28.5. The number of nitrogens with zero attached hydrogens (tertiary/aromatic N) is 2. The van der Waals surface area contributed by atoms with Crippen LogP contribution in [0, 0.1) is 41.5 Å². The molecule has 3 saturated carbocycles. The van der Waals surface area contributed by atoms with Gasteiger partial charge in [-0.25, -0.2) is 0 Å². The molecule has 4 aromatic carbocycles. The number of anilines is 2. The molecule has 1 saturated heterocycles. The zero-order valence-corrected chi connectivity index (χ0v) is 41.0. The third-order valence-corrected chi connectivity index (χ3v) is 19.8. The van der Waals surface area contributed by atoms with Gasteiger partial charge in [0.05, 0.1) is 0 Å². The van der Waals surface area contributed by atoms with Crippen molar-refractivity contribution >= 4 is 48.1 Å². The Morgan fingerprint density at radius 1 is 0.600 bits per heavy atom. The average Bonchev–Trinajstić information content (AvgIpc) is 3.81. The Labute approximate surface area is 386 Å². The molecule has 1 heterocycles. The molecule has 0 spiro atoms. The molecule has 0 N–H and O–H groups in total. The number of rotatable bonds is 7. The molecule has 0 bridgehead atoms. The van der Waals surface area contributed by atoms with Crippen LogP contribution in [-0.4, -0.2) is 33.9 Å². The van der Waals surface area contributed by atoms with Crippen LogP contribution in [0.4, 0.5) is 11.4 Å². The standard InChI is InChI=1S/C54H65Cl2N2P.Ru/c1-36-30-38(3)50(39(4)31-36)57-28-29-58(51-40(5)32-37(2)33-41(51)6)52(57)49-35-53(55,56)26-27-54(49,59(43-20-12-8-13-21-43)44-22-14-9-15-23-44)48-34-47(42-18-10-7-11-19-42)45-24-16-17-25-46(45)48;/h7,10-11,16-19,24-25,30-34,43-44,48H,8-9,12-15,20-23,26-29,35H2,1-6H3;. The molecule has 1 aliphatic heterocycles. The van der Waals surface area contributed by atoms with Crippen molar-refractivity contribution in [2.75, 3.05) is 22.9 Å². The molecule has 5 aliphatic rings. The zero-order valence-electron chi connectivity index (χ0n) is 36.9. The molecule has 6 heteroatoms. The number of fused-ring (bicyclic) bond motifs is 1. The van der Waals surface area contributed by atoms with E-state index in [1.807, 2.05) is 0 Å². The Morgan fingerprint density at radius 2 is 1.08 bits per heavy atom. The second-order valence-electron chi connectivity index (χ2n) is 19.1. The zero-order chi connectivity index (χ0) is 41.1. The number of halogens is 2. The van der Waals surface area contributed by atoms with Crippen molar-refractivity contribution < 1.29 is 19.5 Å². The molecule has 0 aromatic heterocycles. The normalized spacial score (nSPS) is 23.6. The van der Waals surface area contributed by atoms with E-state index in [1.165, 1.54) is 137 Å². The van der Waals surface area contributed by atoms with Gasteiger partial charge in [0.1, 0.15) is 10.2 Å². The summed E-state index contributed by atoms with van der Waals surface area (Å²) in [5.41, 5.74) is 19.5. The number of alkyl halides is 2. The van der Waals surface area contributed by atoms with Crippen molar-refractivity contribution in [1.82, 2.24) is 0 Å². The molecule has 318 valence electrons. The topological polar surface area (TPSA) is 6.48 Å². The number of hydrogen-bond acceptors (Lipinski definition) is 2. The molecule has 2 atom stereocenters. The van der Waals surface area contributed by atoms with Crippen LogP contribution in [0.3, 0.4) is 0 Å². The van der Waals surface area contributed by atoms with Gasteiger partial charge in [-0.2, -0.15) is 0 Å². The van der Waals surface area contributed by atoms with Crippen molar-refractivity contribution in [3.63, 3.8) is 0 Å². The molecule has 0 amide bonds. The SMILES string of the molecule is Cc1cc(C)c(N2CCN(c3c(C)cc(C)cc3C)C2=C2CC(Cl)(Cl)CCC2(C2C=C(c3ccccc3)c3ccccc32)P(C2CCCCC2)C2CCCCC2)c(C)c1.[Ru]. The van der Waals surface area contributed by atoms with Crippen LogP contribution < -0.4 is 9.80 Å². The maximum atomic E-state index is 7.72. The molecule has 4 aliphatic carbocycles. The van der Waals surface area contributed by atoms with E-state index < -0.39 is 12.3 Å². The Bertz CT molecular complexity index is 2140. The third kappa shape index (κ3) is 8.04. The maximum absolute atomic E-state index is 7.72. The summed E-state index contributed by atoms with van der Waals surface area (Å²) in [7, 11) is -0.510. The summed E-state index contributed by atoms with van der Waals surface area (Å²) in [4.78, 5) is 5.53. The molecule has 4 fully saturated rings. The minimum absolute atomic E-state index is 0.